The molecule has 1 aromatic heterocycles. The first-order valence-electron chi connectivity index (χ1n) is 11.1. The number of fused-ring (bicyclic) bond motifs is 1. The quantitative estimate of drug-likeness (QED) is 0.449. The summed E-state index contributed by atoms with van der Waals surface area (Å²) in [4.78, 5) is 43.4. The van der Waals surface area contributed by atoms with Crippen molar-refractivity contribution in [1.29, 1.82) is 0 Å². The number of Topliss-reactive ketones (excluding diaryl/α,β-unsaturated/α-hetero) is 1. The van der Waals surface area contributed by atoms with E-state index >= 15 is 0 Å². The Balaban J connectivity index is 1.41. The Hall–Kier alpha value is -4.40. The fraction of sp³-hybridized carbons (Fsp3) is 0.231. The molecule has 0 saturated heterocycles. The normalized spacial score (nSPS) is 12.4. The zero-order chi connectivity index (χ0) is 24.6. The topological polar surface area (TPSA) is 107 Å². The van der Waals surface area contributed by atoms with Gasteiger partial charge < -0.3 is 19.5 Å². The molecule has 0 saturated carbocycles. The molecule has 35 heavy (non-hydrogen) atoms. The molecule has 0 unspecified atom stereocenters. The van der Waals surface area contributed by atoms with Crippen LogP contribution in [0.2, 0.25) is 0 Å². The van der Waals surface area contributed by atoms with Crippen molar-refractivity contribution in [3.8, 4) is 17.2 Å². The largest absolute Gasteiger partial charge is 0.493 e. The summed E-state index contributed by atoms with van der Waals surface area (Å²) >= 11 is 0. The molecule has 1 N–H and O–H groups in total. The molecule has 3 aromatic rings. The molecule has 2 aromatic carbocycles. The van der Waals surface area contributed by atoms with Crippen molar-refractivity contribution in [2.75, 3.05) is 38.3 Å². The number of methoxy groups -OCH3 is 1. The molecule has 0 spiro atoms. The van der Waals surface area contributed by atoms with Crippen LogP contribution in [0, 0.1) is 0 Å². The SMILES string of the molecule is COc1ccccc1OCC(=O)c1ccc2c(c1)N(CC(=O)NCCc1ccccn1)C(=O)CO2. The summed E-state index contributed by atoms with van der Waals surface area (Å²) in [7, 11) is 1.52. The van der Waals surface area contributed by atoms with E-state index in [9.17, 15) is 14.4 Å². The molecule has 9 nitrogen and oxygen atoms in total. The first-order valence-corrected chi connectivity index (χ1v) is 11.1. The number of amides is 2. The zero-order valence-electron chi connectivity index (χ0n) is 19.2. The van der Waals surface area contributed by atoms with Crippen LogP contribution < -0.4 is 24.4 Å². The predicted molar refractivity (Wildman–Crippen MR) is 128 cm³/mol. The zero-order valence-corrected chi connectivity index (χ0v) is 19.2. The van der Waals surface area contributed by atoms with Gasteiger partial charge in [0, 0.05) is 30.4 Å². The van der Waals surface area contributed by atoms with Crippen LogP contribution >= 0.6 is 0 Å². The van der Waals surface area contributed by atoms with Gasteiger partial charge in [-0.3, -0.25) is 24.3 Å². The van der Waals surface area contributed by atoms with E-state index in [1.165, 1.54) is 12.0 Å². The Bertz CT molecular complexity index is 1210. The van der Waals surface area contributed by atoms with Gasteiger partial charge in [-0.1, -0.05) is 18.2 Å². The van der Waals surface area contributed by atoms with Gasteiger partial charge in [0.2, 0.25) is 5.91 Å². The van der Waals surface area contributed by atoms with Crippen LogP contribution in [-0.4, -0.2) is 56.0 Å². The van der Waals surface area contributed by atoms with E-state index in [0.29, 0.717) is 41.5 Å². The number of nitrogens with zero attached hydrogens (tertiary/aromatic N) is 2. The molecule has 0 aliphatic carbocycles. The Kier molecular flexibility index (Phi) is 7.57. The number of nitrogens with one attached hydrogen (secondary N) is 1. The van der Waals surface area contributed by atoms with Crippen LogP contribution in [-0.2, 0) is 16.0 Å². The average Bonchev–Trinajstić information content (AvgIpc) is 2.89. The number of benzene rings is 2. The number of ether oxygens (including phenoxy) is 3. The minimum atomic E-state index is -0.368. The second-order valence-electron chi connectivity index (χ2n) is 7.73. The van der Waals surface area contributed by atoms with Crippen LogP contribution in [0.3, 0.4) is 0 Å². The third kappa shape index (κ3) is 5.94. The van der Waals surface area contributed by atoms with Gasteiger partial charge in [0.15, 0.2) is 30.5 Å². The number of carbonyl (C=O) groups is 3. The van der Waals surface area contributed by atoms with Gasteiger partial charge in [-0.25, -0.2) is 0 Å². The molecule has 0 bridgehead atoms. The lowest BCUT2D eigenvalue weighted by Gasteiger charge is -2.29. The maximum Gasteiger partial charge on any atom is 0.265 e. The van der Waals surface area contributed by atoms with E-state index in [2.05, 4.69) is 10.3 Å². The molecule has 0 radical (unpaired) electrons. The molecule has 9 heteroatoms. The second-order valence-corrected chi connectivity index (χ2v) is 7.73. The molecule has 2 heterocycles. The minimum Gasteiger partial charge on any atom is -0.493 e. The van der Waals surface area contributed by atoms with Crippen molar-refractivity contribution < 1.29 is 28.6 Å². The molecule has 1 aliphatic rings. The number of carbonyl (C=O) groups excluding carboxylic acids is 3. The Morgan fingerprint density at radius 3 is 2.66 bits per heavy atom. The number of hydrogen-bond donors (Lipinski definition) is 1. The van der Waals surface area contributed by atoms with Crippen molar-refractivity contribution in [2.24, 2.45) is 0 Å². The number of hydrogen-bond acceptors (Lipinski definition) is 7. The molecular formula is C26H25N3O6. The maximum absolute atomic E-state index is 12.8. The van der Waals surface area contributed by atoms with Crippen molar-refractivity contribution >= 4 is 23.3 Å². The highest BCUT2D eigenvalue weighted by Gasteiger charge is 2.28. The van der Waals surface area contributed by atoms with Crippen molar-refractivity contribution in [2.45, 2.75) is 6.42 Å². The fourth-order valence-electron chi connectivity index (χ4n) is 3.59. The highest BCUT2D eigenvalue weighted by atomic mass is 16.5. The highest BCUT2D eigenvalue weighted by Crippen LogP contribution is 2.33. The monoisotopic (exact) mass is 475 g/mol. The maximum atomic E-state index is 12.8. The number of ketones is 1. The van der Waals surface area contributed by atoms with Crippen molar-refractivity contribution in [3.63, 3.8) is 0 Å². The van der Waals surface area contributed by atoms with Gasteiger partial charge in [-0.15, -0.1) is 0 Å². The van der Waals surface area contributed by atoms with Crippen LogP contribution in [0.4, 0.5) is 5.69 Å². The fourth-order valence-corrected chi connectivity index (χ4v) is 3.59. The summed E-state index contributed by atoms with van der Waals surface area (Å²) in [6, 6.07) is 17.4. The first kappa shape index (κ1) is 23.7. The molecule has 2 amide bonds. The van der Waals surface area contributed by atoms with Crippen molar-refractivity contribution in [1.82, 2.24) is 10.3 Å². The average molecular weight is 476 g/mol. The summed E-state index contributed by atoms with van der Waals surface area (Å²) in [5.74, 6) is 0.406. The lowest BCUT2D eigenvalue weighted by atomic mass is 10.1. The number of pyridine rings is 1. The van der Waals surface area contributed by atoms with Crippen LogP contribution in [0.15, 0.2) is 66.9 Å². The molecule has 1 aliphatic heterocycles. The summed E-state index contributed by atoms with van der Waals surface area (Å²) in [6.45, 7) is -0.201. The third-order valence-corrected chi connectivity index (χ3v) is 5.38. The van der Waals surface area contributed by atoms with E-state index < -0.39 is 0 Å². The smallest absolute Gasteiger partial charge is 0.265 e. The van der Waals surface area contributed by atoms with Crippen LogP contribution in [0.1, 0.15) is 16.1 Å². The van der Waals surface area contributed by atoms with Crippen LogP contribution in [0.25, 0.3) is 0 Å². The van der Waals surface area contributed by atoms with E-state index in [1.807, 2.05) is 18.2 Å². The first-order chi connectivity index (χ1) is 17.0. The third-order valence-electron chi connectivity index (χ3n) is 5.38. The molecular weight excluding hydrogens is 450 g/mol. The Labute approximate surface area is 202 Å². The van der Waals surface area contributed by atoms with Gasteiger partial charge in [0.05, 0.1) is 12.8 Å². The molecule has 0 atom stereocenters. The van der Waals surface area contributed by atoms with E-state index in [1.54, 1.807) is 48.7 Å². The summed E-state index contributed by atoms with van der Waals surface area (Å²) in [5, 5.41) is 2.80. The van der Waals surface area contributed by atoms with Crippen LogP contribution in [0.5, 0.6) is 17.2 Å². The predicted octanol–water partition coefficient (Wildman–Crippen LogP) is 2.44. The van der Waals surface area contributed by atoms with Gasteiger partial charge in [0.25, 0.3) is 5.91 Å². The summed E-state index contributed by atoms with van der Waals surface area (Å²) < 4.78 is 16.4. The Morgan fingerprint density at radius 1 is 1.09 bits per heavy atom. The van der Waals surface area contributed by atoms with Gasteiger partial charge in [0.1, 0.15) is 12.3 Å². The second kappa shape index (κ2) is 11.1. The van der Waals surface area contributed by atoms with E-state index in [0.717, 1.165) is 5.69 Å². The number of rotatable bonds is 10. The lowest BCUT2D eigenvalue weighted by molar-refractivity contribution is -0.125. The summed E-state index contributed by atoms with van der Waals surface area (Å²) in [6.07, 6.45) is 2.27. The number of para-hydroxylation sites is 2. The van der Waals surface area contributed by atoms with Gasteiger partial charge in [-0.05, 0) is 42.5 Å². The molecule has 180 valence electrons. The number of anilines is 1. The highest BCUT2D eigenvalue weighted by molar-refractivity contribution is 6.04. The van der Waals surface area contributed by atoms with Gasteiger partial charge in [-0.2, -0.15) is 0 Å². The van der Waals surface area contributed by atoms with E-state index in [-0.39, 0.29) is 37.4 Å². The minimum absolute atomic E-state index is 0.182. The summed E-state index contributed by atoms with van der Waals surface area (Å²) in [5.41, 5.74) is 1.56. The Morgan fingerprint density at radius 2 is 1.89 bits per heavy atom. The lowest BCUT2D eigenvalue weighted by Crippen LogP contribution is -2.45. The number of aromatic nitrogens is 1. The molecule has 0 fully saturated rings. The standard InChI is InChI=1S/C26H25N3O6/c1-33-23-7-2-3-8-24(23)34-16-21(30)18-9-10-22-20(14-18)29(26(32)17-35-22)15-25(31)28-13-11-19-6-4-5-12-27-19/h2-10,12,14H,11,13,15-17H2,1H3,(H,28,31). The van der Waals surface area contributed by atoms with Gasteiger partial charge >= 0.3 is 0 Å². The molecule has 4 rings (SSSR count). The van der Waals surface area contributed by atoms with E-state index in [4.69, 9.17) is 14.2 Å². The van der Waals surface area contributed by atoms with Crippen molar-refractivity contribution in [3.05, 3.63) is 78.1 Å².